The summed E-state index contributed by atoms with van der Waals surface area (Å²) in [6, 6.07) is 7.25. The summed E-state index contributed by atoms with van der Waals surface area (Å²) in [6.07, 6.45) is 3.41. The topological polar surface area (TPSA) is 92.2 Å². The van der Waals surface area contributed by atoms with Gasteiger partial charge in [-0.3, -0.25) is 4.79 Å². The Morgan fingerprint density at radius 3 is 2.79 bits per heavy atom. The molecule has 1 atom stereocenters. The Bertz CT molecular complexity index is 1090. The SMILES string of the molecule is COc1cc(N2CC3(CCN(C[C@H](O)c4ccc5c(c4C)COC5=O)CC3)CC2=O)ccn1. The molecule has 1 aromatic heterocycles. The molecule has 0 aliphatic carbocycles. The Morgan fingerprint density at radius 2 is 2.03 bits per heavy atom. The van der Waals surface area contributed by atoms with Gasteiger partial charge in [0.15, 0.2) is 0 Å². The number of cyclic esters (lactones) is 1. The van der Waals surface area contributed by atoms with E-state index < -0.39 is 6.10 Å². The largest absolute Gasteiger partial charge is 0.481 e. The van der Waals surface area contributed by atoms with Gasteiger partial charge in [-0.25, -0.2) is 9.78 Å². The molecule has 4 heterocycles. The highest BCUT2D eigenvalue weighted by Crippen LogP contribution is 2.43. The number of fused-ring (bicyclic) bond motifs is 1. The lowest BCUT2D eigenvalue weighted by Crippen LogP contribution is -2.43. The number of nitrogens with zero attached hydrogens (tertiary/aromatic N) is 3. The zero-order valence-corrected chi connectivity index (χ0v) is 19.0. The average Bonchev–Trinajstić information content (AvgIpc) is 3.36. The molecule has 5 rings (SSSR count). The second-order valence-electron chi connectivity index (χ2n) is 9.41. The summed E-state index contributed by atoms with van der Waals surface area (Å²) >= 11 is 0. The monoisotopic (exact) mass is 451 g/mol. The number of hydrogen-bond acceptors (Lipinski definition) is 7. The summed E-state index contributed by atoms with van der Waals surface area (Å²) in [5.41, 5.74) is 4.06. The van der Waals surface area contributed by atoms with Crippen LogP contribution in [0, 0.1) is 12.3 Å². The van der Waals surface area contributed by atoms with E-state index in [0.717, 1.165) is 48.3 Å². The van der Waals surface area contributed by atoms with Crippen LogP contribution in [0.4, 0.5) is 5.69 Å². The van der Waals surface area contributed by atoms with Crippen molar-refractivity contribution in [2.75, 3.05) is 38.2 Å². The van der Waals surface area contributed by atoms with Gasteiger partial charge in [-0.2, -0.15) is 0 Å². The fraction of sp³-hybridized carbons (Fsp3) is 0.480. The van der Waals surface area contributed by atoms with Crippen molar-refractivity contribution in [1.29, 1.82) is 0 Å². The predicted octanol–water partition coefficient (Wildman–Crippen LogP) is 2.62. The number of amides is 1. The van der Waals surface area contributed by atoms with Crippen molar-refractivity contribution in [3.8, 4) is 5.88 Å². The Labute approximate surface area is 193 Å². The van der Waals surface area contributed by atoms with Crippen molar-refractivity contribution in [1.82, 2.24) is 9.88 Å². The van der Waals surface area contributed by atoms with Gasteiger partial charge in [-0.05, 0) is 61.5 Å². The van der Waals surface area contributed by atoms with Gasteiger partial charge >= 0.3 is 5.97 Å². The fourth-order valence-corrected chi connectivity index (χ4v) is 5.43. The Morgan fingerprint density at radius 1 is 1.24 bits per heavy atom. The number of pyridine rings is 1. The van der Waals surface area contributed by atoms with Crippen LogP contribution in [0.1, 0.15) is 52.4 Å². The fourth-order valence-electron chi connectivity index (χ4n) is 5.43. The number of ether oxygens (including phenoxy) is 2. The molecular weight excluding hydrogens is 422 g/mol. The van der Waals surface area contributed by atoms with E-state index in [1.54, 1.807) is 25.4 Å². The summed E-state index contributed by atoms with van der Waals surface area (Å²) < 4.78 is 10.3. The van der Waals surface area contributed by atoms with Gasteiger partial charge in [0.2, 0.25) is 11.8 Å². The number of aliphatic hydroxyl groups is 1. The number of methoxy groups -OCH3 is 1. The van der Waals surface area contributed by atoms with Crippen LogP contribution in [-0.2, 0) is 16.1 Å². The van der Waals surface area contributed by atoms with Crippen LogP contribution in [0.2, 0.25) is 0 Å². The molecule has 1 aromatic carbocycles. The molecule has 2 saturated heterocycles. The van der Waals surface area contributed by atoms with Crippen LogP contribution in [0.3, 0.4) is 0 Å². The van der Waals surface area contributed by atoms with E-state index in [-0.39, 0.29) is 23.9 Å². The maximum atomic E-state index is 12.8. The van der Waals surface area contributed by atoms with E-state index in [1.165, 1.54) is 0 Å². The van der Waals surface area contributed by atoms with E-state index >= 15 is 0 Å². The summed E-state index contributed by atoms with van der Waals surface area (Å²) in [5, 5.41) is 10.9. The highest BCUT2D eigenvalue weighted by molar-refractivity contribution is 5.96. The van der Waals surface area contributed by atoms with Crippen molar-refractivity contribution >= 4 is 17.6 Å². The molecule has 0 radical (unpaired) electrons. The zero-order valence-electron chi connectivity index (χ0n) is 19.0. The van der Waals surface area contributed by atoms with Crippen molar-refractivity contribution < 1.29 is 24.2 Å². The first-order valence-electron chi connectivity index (χ1n) is 11.4. The summed E-state index contributed by atoms with van der Waals surface area (Å²) in [6.45, 7) is 5.13. The van der Waals surface area contributed by atoms with Crippen LogP contribution in [-0.4, -0.2) is 60.2 Å². The smallest absolute Gasteiger partial charge is 0.338 e. The van der Waals surface area contributed by atoms with Gasteiger partial charge in [0.25, 0.3) is 0 Å². The van der Waals surface area contributed by atoms with E-state index in [1.807, 2.05) is 24.0 Å². The van der Waals surface area contributed by atoms with Gasteiger partial charge in [0.05, 0.1) is 24.5 Å². The lowest BCUT2D eigenvalue weighted by atomic mass is 9.77. The Balaban J connectivity index is 1.22. The first kappa shape index (κ1) is 21.9. The summed E-state index contributed by atoms with van der Waals surface area (Å²) in [7, 11) is 1.57. The number of benzene rings is 1. The molecule has 8 heteroatoms. The van der Waals surface area contributed by atoms with Gasteiger partial charge in [0, 0.05) is 37.3 Å². The third kappa shape index (κ3) is 3.98. The third-order valence-electron chi connectivity index (χ3n) is 7.47. The normalized spacial score (nSPS) is 20.8. The van der Waals surface area contributed by atoms with Gasteiger partial charge in [0.1, 0.15) is 6.61 Å². The van der Waals surface area contributed by atoms with Gasteiger partial charge in [-0.15, -0.1) is 0 Å². The third-order valence-corrected chi connectivity index (χ3v) is 7.47. The lowest BCUT2D eigenvalue weighted by Gasteiger charge is -2.39. The van der Waals surface area contributed by atoms with E-state index in [4.69, 9.17) is 9.47 Å². The average molecular weight is 452 g/mol. The number of aliphatic hydroxyl groups excluding tert-OH is 1. The molecule has 1 N–H and O–H groups in total. The van der Waals surface area contributed by atoms with Crippen molar-refractivity contribution in [3.05, 3.63) is 52.7 Å². The van der Waals surface area contributed by atoms with Crippen molar-refractivity contribution in [2.24, 2.45) is 5.41 Å². The number of likely N-dealkylation sites (tertiary alicyclic amines) is 1. The number of β-amino-alcohol motifs (C(OH)–C–C–N with tert-alkyl or cyclic N) is 1. The second-order valence-corrected chi connectivity index (χ2v) is 9.41. The van der Waals surface area contributed by atoms with E-state index in [2.05, 4.69) is 9.88 Å². The van der Waals surface area contributed by atoms with Crippen LogP contribution < -0.4 is 9.64 Å². The van der Waals surface area contributed by atoms with Gasteiger partial charge < -0.3 is 24.4 Å². The van der Waals surface area contributed by atoms with Crippen molar-refractivity contribution in [3.63, 3.8) is 0 Å². The second kappa shape index (κ2) is 8.43. The van der Waals surface area contributed by atoms with Crippen molar-refractivity contribution in [2.45, 2.75) is 38.9 Å². The van der Waals surface area contributed by atoms with E-state index in [0.29, 0.717) is 31.0 Å². The number of piperidine rings is 1. The molecule has 174 valence electrons. The highest BCUT2D eigenvalue weighted by atomic mass is 16.5. The number of esters is 1. The number of anilines is 1. The zero-order chi connectivity index (χ0) is 23.2. The number of hydrogen-bond donors (Lipinski definition) is 1. The summed E-state index contributed by atoms with van der Waals surface area (Å²) in [4.78, 5) is 32.9. The van der Waals surface area contributed by atoms with E-state index in [9.17, 15) is 14.7 Å². The number of carbonyl (C=O) groups is 2. The Kier molecular flexibility index (Phi) is 5.58. The molecule has 0 bridgehead atoms. The van der Waals surface area contributed by atoms with Crippen LogP contribution in [0.25, 0.3) is 0 Å². The summed E-state index contributed by atoms with van der Waals surface area (Å²) in [5.74, 6) is 0.353. The molecule has 33 heavy (non-hydrogen) atoms. The molecule has 3 aliphatic heterocycles. The molecule has 2 fully saturated rings. The molecule has 8 nitrogen and oxygen atoms in total. The molecule has 0 unspecified atom stereocenters. The first-order valence-corrected chi connectivity index (χ1v) is 11.4. The quantitative estimate of drug-likeness (QED) is 0.699. The van der Waals surface area contributed by atoms with Crippen LogP contribution in [0.5, 0.6) is 5.88 Å². The predicted molar refractivity (Wildman–Crippen MR) is 121 cm³/mol. The molecular formula is C25H29N3O5. The molecule has 2 aromatic rings. The van der Waals surface area contributed by atoms with Gasteiger partial charge in [-0.1, -0.05) is 6.07 Å². The minimum atomic E-state index is -0.633. The number of aromatic nitrogens is 1. The molecule has 1 amide bonds. The number of carbonyl (C=O) groups excluding carboxylic acids is 2. The van der Waals surface area contributed by atoms with Crippen LogP contribution >= 0.6 is 0 Å². The molecule has 0 saturated carbocycles. The minimum Gasteiger partial charge on any atom is -0.481 e. The minimum absolute atomic E-state index is 0.0315. The lowest BCUT2D eigenvalue weighted by molar-refractivity contribution is -0.118. The molecule has 1 spiro atoms. The maximum absolute atomic E-state index is 12.8. The maximum Gasteiger partial charge on any atom is 0.338 e. The number of rotatable bonds is 5. The first-order chi connectivity index (χ1) is 15.9. The van der Waals surface area contributed by atoms with Crippen LogP contribution in [0.15, 0.2) is 30.5 Å². The Hall–Kier alpha value is -2.97. The standard InChI is InChI=1S/C25H29N3O5/c1-16-18(3-4-19-20(16)14-33-24(19)31)21(29)13-27-9-6-25(7-10-27)12-23(30)28(15-25)17-5-8-26-22(11-17)32-2/h3-5,8,11,21,29H,6-7,9-10,12-15H2,1-2H3/t21-/m0/s1. The highest BCUT2D eigenvalue weighted by Gasteiger charge is 2.45. The molecule has 3 aliphatic rings.